The quantitative estimate of drug-likeness (QED) is 0.181. The van der Waals surface area contributed by atoms with Gasteiger partial charge in [0.1, 0.15) is 0 Å². The van der Waals surface area contributed by atoms with E-state index in [9.17, 15) is 16.8 Å². The lowest BCUT2D eigenvalue weighted by molar-refractivity contribution is 0.0751. The molecule has 6 nitrogen and oxygen atoms in total. The predicted molar refractivity (Wildman–Crippen MR) is 163 cm³/mol. The maximum Gasteiger partial charge on any atom is 0.296 e. The smallest absolute Gasteiger partial charge is 0.266 e. The Kier molecular flexibility index (Phi) is 9.28. The predicted octanol–water partition coefficient (Wildman–Crippen LogP) is 7.01. The average Bonchev–Trinajstić information content (AvgIpc) is 3.00. The molecule has 0 spiro atoms. The van der Waals surface area contributed by atoms with Gasteiger partial charge in [0, 0.05) is 0 Å². The third-order valence-corrected chi connectivity index (χ3v) is 10.9. The van der Waals surface area contributed by atoms with Crippen molar-refractivity contribution in [2.45, 2.75) is 48.3 Å². The van der Waals surface area contributed by atoms with Crippen LogP contribution in [-0.2, 0) is 28.6 Å². The van der Waals surface area contributed by atoms with Gasteiger partial charge in [-0.1, -0.05) is 96.1 Å². The molecule has 0 unspecified atom stereocenters. The highest BCUT2D eigenvalue weighted by Crippen LogP contribution is 2.49. The first-order valence-corrected chi connectivity index (χ1v) is 17.0. The molecule has 220 valence electrons. The number of hydrogen-bond acceptors (Lipinski definition) is 6. The van der Waals surface area contributed by atoms with Crippen molar-refractivity contribution in [3.8, 4) is 0 Å². The molecule has 0 aliphatic heterocycles. The standard InChI is InChI=1S/C34H36O6S2/c1-25-13-17-29(18-14-25)41(35,36)39-23-33-31(27-9-5-3-6-10-27)21-22-32(28-11-7-4-8-12-28)34(33)24-40-42(37,38)30-19-15-26(2)16-20-30/h3-20,31-34H,21-24H2,1-2H3/t31-,32+,33-,34-/m0/s1. The van der Waals surface area contributed by atoms with E-state index < -0.39 is 20.2 Å². The molecule has 4 aromatic carbocycles. The second kappa shape index (κ2) is 12.9. The summed E-state index contributed by atoms with van der Waals surface area (Å²) in [5.41, 5.74) is 4.03. The van der Waals surface area contributed by atoms with Gasteiger partial charge in [-0.2, -0.15) is 16.8 Å². The maximum atomic E-state index is 13.3. The van der Waals surface area contributed by atoms with E-state index in [2.05, 4.69) is 0 Å². The van der Waals surface area contributed by atoms with Gasteiger partial charge < -0.3 is 0 Å². The molecular formula is C34H36O6S2. The summed E-state index contributed by atoms with van der Waals surface area (Å²) in [7, 11) is -8.07. The fraction of sp³-hybridized carbons (Fsp3) is 0.294. The zero-order chi connectivity index (χ0) is 29.7. The van der Waals surface area contributed by atoms with E-state index in [0.717, 1.165) is 35.1 Å². The first kappa shape index (κ1) is 30.2. The molecule has 1 fully saturated rings. The van der Waals surface area contributed by atoms with Crippen molar-refractivity contribution < 1.29 is 25.2 Å². The molecule has 0 aromatic heterocycles. The van der Waals surface area contributed by atoms with Crippen LogP contribution in [0.4, 0.5) is 0 Å². The second-order valence-corrected chi connectivity index (χ2v) is 14.3. The van der Waals surface area contributed by atoms with Gasteiger partial charge in [-0.15, -0.1) is 0 Å². The van der Waals surface area contributed by atoms with Crippen LogP contribution < -0.4 is 0 Å². The fourth-order valence-corrected chi connectivity index (χ4v) is 7.86. The molecule has 0 bridgehead atoms. The van der Waals surface area contributed by atoms with E-state index in [-0.39, 0.29) is 46.7 Å². The minimum Gasteiger partial charge on any atom is -0.266 e. The summed E-state index contributed by atoms with van der Waals surface area (Å²) in [5.74, 6) is -0.760. The van der Waals surface area contributed by atoms with E-state index in [1.807, 2.05) is 74.5 Å². The Balaban J connectivity index is 1.50. The molecule has 1 saturated carbocycles. The number of aryl methyl sites for hydroxylation is 2. The first-order valence-electron chi connectivity index (χ1n) is 14.2. The third-order valence-electron chi connectivity index (χ3n) is 8.28. The molecular weight excluding hydrogens is 569 g/mol. The van der Waals surface area contributed by atoms with E-state index in [4.69, 9.17) is 8.37 Å². The van der Waals surface area contributed by atoms with Gasteiger partial charge >= 0.3 is 0 Å². The Morgan fingerprint density at radius 3 is 1.19 bits per heavy atom. The molecule has 0 saturated heterocycles. The Hall–Kier alpha value is -3.30. The lowest BCUT2D eigenvalue weighted by Gasteiger charge is -2.43. The first-order chi connectivity index (χ1) is 20.1. The molecule has 0 radical (unpaired) electrons. The average molecular weight is 605 g/mol. The summed E-state index contributed by atoms with van der Waals surface area (Å²) in [6.07, 6.45) is 1.59. The Labute approximate surface area is 249 Å². The summed E-state index contributed by atoms with van der Waals surface area (Å²) < 4.78 is 64.6. The van der Waals surface area contributed by atoms with Crippen LogP contribution in [0, 0.1) is 25.7 Å². The summed E-state index contributed by atoms with van der Waals surface area (Å²) in [6, 6.07) is 33.0. The normalized spacial score (nSPS) is 21.2. The largest absolute Gasteiger partial charge is 0.296 e. The minimum atomic E-state index is -4.04. The van der Waals surface area contributed by atoms with Gasteiger partial charge in [0.2, 0.25) is 0 Å². The van der Waals surface area contributed by atoms with E-state index in [1.54, 1.807) is 48.5 Å². The van der Waals surface area contributed by atoms with Crippen LogP contribution in [0.3, 0.4) is 0 Å². The number of benzene rings is 4. The van der Waals surface area contributed by atoms with Gasteiger partial charge in [-0.3, -0.25) is 8.37 Å². The van der Waals surface area contributed by atoms with Gasteiger partial charge in [0.25, 0.3) is 20.2 Å². The van der Waals surface area contributed by atoms with Crippen LogP contribution >= 0.6 is 0 Å². The number of hydrogen-bond donors (Lipinski definition) is 0. The molecule has 0 amide bonds. The van der Waals surface area contributed by atoms with Crippen LogP contribution in [0.15, 0.2) is 119 Å². The summed E-state index contributed by atoms with van der Waals surface area (Å²) >= 11 is 0. The number of rotatable bonds is 10. The van der Waals surface area contributed by atoms with Crippen molar-refractivity contribution in [1.29, 1.82) is 0 Å². The van der Waals surface area contributed by atoms with Gasteiger partial charge in [-0.05, 0) is 85.8 Å². The van der Waals surface area contributed by atoms with Gasteiger partial charge in [0.15, 0.2) is 0 Å². The highest BCUT2D eigenvalue weighted by molar-refractivity contribution is 7.87. The highest BCUT2D eigenvalue weighted by atomic mass is 32.2. The van der Waals surface area contributed by atoms with Gasteiger partial charge in [-0.25, -0.2) is 0 Å². The Morgan fingerprint density at radius 2 is 0.857 bits per heavy atom. The molecule has 8 heteroatoms. The Bertz CT molecular complexity index is 1540. The summed E-state index contributed by atoms with van der Waals surface area (Å²) in [4.78, 5) is 0.184. The lowest BCUT2D eigenvalue weighted by atomic mass is 9.63. The molecule has 1 aliphatic carbocycles. The molecule has 42 heavy (non-hydrogen) atoms. The monoisotopic (exact) mass is 604 g/mol. The van der Waals surface area contributed by atoms with Crippen LogP contribution in [0.2, 0.25) is 0 Å². The fourth-order valence-electron chi connectivity index (χ4n) is 5.97. The highest BCUT2D eigenvalue weighted by Gasteiger charge is 2.42. The van der Waals surface area contributed by atoms with Crippen LogP contribution in [0.1, 0.15) is 46.9 Å². The molecule has 0 N–H and O–H groups in total. The van der Waals surface area contributed by atoms with Crippen molar-refractivity contribution in [3.63, 3.8) is 0 Å². The third kappa shape index (κ3) is 7.01. The topological polar surface area (TPSA) is 86.7 Å². The molecule has 5 rings (SSSR count). The van der Waals surface area contributed by atoms with Crippen LogP contribution in [-0.4, -0.2) is 30.0 Å². The lowest BCUT2D eigenvalue weighted by Crippen LogP contribution is -2.39. The SMILES string of the molecule is Cc1ccc(S(=O)(=O)OC[C@@H]2[C@@H](COS(=O)(=O)c3ccc(C)cc3)[C@H](c3ccccc3)CC[C@@H]2c2ccccc2)cc1. The van der Waals surface area contributed by atoms with Crippen LogP contribution in [0.5, 0.6) is 0 Å². The summed E-state index contributed by atoms with van der Waals surface area (Å²) in [5, 5.41) is 0. The molecule has 4 atom stereocenters. The van der Waals surface area contributed by atoms with Crippen molar-refractivity contribution in [2.24, 2.45) is 11.8 Å². The minimum absolute atomic E-state index is 0.0462. The maximum absolute atomic E-state index is 13.3. The van der Waals surface area contributed by atoms with Gasteiger partial charge in [0.05, 0.1) is 23.0 Å². The van der Waals surface area contributed by atoms with Crippen LogP contribution in [0.25, 0.3) is 0 Å². The zero-order valence-corrected chi connectivity index (χ0v) is 25.4. The van der Waals surface area contributed by atoms with Crippen molar-refractivity contribution in [1.82, 2.24) is 0 Å². The Morgan fingerprint density at radius 1 is 0.524 bits per heavy atom. The molecule has 4 aromatic rings. The van der Waals surface area contributed by atoms with E-state index in [1.165, 1.54) is 0 Å². The van der Waals surface area contributed by atoms with E-state index >= 15 is 0 Å². The van der Waals surface area contributed by atoms with Crippen molar-refractivity contribution in [2.75, 3.05) is 13.2 Å². The second-order valence-electron chi connectivity index (χ2n) is 11.0. The van der Waals surface area contributed by atoms with Crippen molar-refractivity contribution in [3.05, 3.63) is 131 Å². The molecule has 1 aliphatic rings. The zero-order valence-electron chi connectivity index (χ0n) is 23.8. The van der Waals surface area contributed by atoms with E-state index in [0.29, 0.717) is 0 Å². The van der Waals surface area contributed by atoms with Crippen molar-refractivity contribution >= 4 is 20.2 Å². The molecule has 0 heterocycles. The summed E-state index contributed by atoms with van der Waals surface area (Å²) in [6.45, 7) is 3.58.